The summed E-state index contributed by atoms with van der Waals surface area (Å²) in [6.07, 6.45) is 1.76. The van der Waals surface area contributed by atoms with Crippen molar-refractivity contribution < 1.29 is 28.6 Å². The molecule has 0 unspecified atom stereocenters. The van der Waals surface area contributed by atoms with Crippen molar-refractivity contribution in [1.29, 1.82) is 0 Å². The van der Waals surface area contributed by atoms with Gasteiger partial charge in [0.1, 0.15) is 18.1 Å². The first-order valence-corrected chi connectivity index (χ1v) is 9.78. The highest BCUT2D eigenvalue weighted by Gasteiger charge is 2.28. The number of amides is 1. The molecule has 0 spiro atoms. The summed E-state index contributed by atoms with van der Waals surface area (Å²) in [5.74, 6) is -0.112. The first-order chi connectivity index (χ1) is 14.7. The molecule has 0 saturated heterocycles. The van der Waals surface area contributed by atoms with Crippen LogP contribution in [-0.4, -0.2) is 38.6 Å². The van der Waals surface area contributed by atoms with Gasteiger partial charge in [0, 0.05) is 25.1 Å². The summed E-state index contributed by atoms with van der Waals surface area (Å²) in [4.78, 5) is 38.3. The first kappa shape index (κ1) is 22.1. The van der Waals surface area contributed by atoms with E-state index in [1.807, 2.05) is 20.8 Å². The molecule has 0 aromatic heterocycles. The minimum absolute atomic E-state index is 0.0865. The maximum atomic E-state index is 13.2. The van der Waals surface area contributed by atoms with E-state index in [1.54, 1.807) is 37.4 Å². The Kier molecular flexibility index (Phi) is 6.15. The molecule has 2 aromatic carbocycles. The quantitative estimate of drug-likeness (QED) is 0.550. The lowest BCUT2D eigenvalue weighted by atomic mass is 9.94. The second-order valence-corrected chi connectivity index (χ2v) is 7.37. The molecule has 0 bridgehead atoms. The third kappa shape index (κ3) is 4.03. The number of para-hydroxylation sites is 1. The van der Waals surface area contributed by atoms with Gasteiger partial charge in [-0.25, -0.2) is 4.79 Å². The number of esters is 2. The van der Waals surface area contributed by atoms with Crippen molar-refractivity contribution >= 4 is 29.6 Å². The molecule has 7 nitrogen and oxygen atoms in total. The molecule has 1 heterocycles. The van der Waals surface area contributed by atoms with E-state index in [-0.39, 0.29) is 12.5 Å². The Labute approximate surface area is 181 Å². The lowest BCUT2D eigenvalue weighted by Crippen LogP contribution is -2.32. The van der Waals surface area contributed by atoms with Crippen molar-refractivity contribution in [3.63, 3.8) is 0 Å². The minimum atomic E-state index is -0.526. The van der Waals surface area contributed by atoms with E-state index in [0.717, 1.165) is 16.7 Å². The zero-order valence-electron chi connectivity index (χ0n) is 18.5. The Bertz CT molecular complexity index is 1120. The van der Waals surface area contributed by atoms with Gasteiger partial charge < -0.3 is 19.1 Å². The number of hydrogen-bond acceptors (Lipinski definition) is 6. The molecule has 0 aliphatic carbocycles. The van der Waals surface area contributed by atoms with Gasteiger partial charge in [0.2, 0.25) is 0 Å². The smallest absolute Gasteiger partial charge is 0.339 e. The normalized spacial score (nSPS) is 12.3. The van der Waals surface area contributed by atoms with Crippen molar-refractivity contribution in [3.8, 4) is 11.5 Å². The maximum Gasteiger partial charge on any atom is 0.339 e. The second-order valence-electron chi connectivity index (χ2n) is 7.37. The predicted molar refractivity (Wildman–Crippen MR) is 117 cm³/mol. The van der Waals surface area contributed by atoms with E-state index in [2.05, 4.69) is 0 Å². The van der Waals surface area contributed by atoms with Crippen LogP contribution in [0.4, 0.5) is 5.69 Å². The lowest BCUT2D eigenvalue weighted by Gasteiger charge is -2.27. The van der Waals surface area contributed by atoms with Crippen LogP contribution >= 0.6 is 0 Å². The first-order valence-electron chi connectivity index (χ1n) is 9.78. The largest absolute Gasteiger partial charge is 0.488 e. The fourth-order valence-corrected chi connectivity index (χ4v) is 3.64. The number of methoxy groups -OCH3 is 1. The van der Waals surface area contributed by atoms with E-state index in [0.29, 0.717) is 33.9 Å². The molecular weight excluding hydrogens is 398 g/mol. The van der Waals surface area contributed by atoms with Crippen LogP contribution in [-0.2, 0) is 14.3 Å². The van der Waals surface area contributed by atoms with Crippen LogP contribution in [0.5, 0.6) is 11.5 Å². The van der Waals surface area contributed by atoms with Crippen LogP contribution in [0.1, 0.15) is 39.5 Å². The number of benzene rings is 2. The van der Waals surface area contributed by atoms with Crippen molar-refractivity contribution in [2.24, 2.45) is 0 Å². The number of anilines is 1. The SMILES string of the molecule is COC(=O)c1ccccc1N(C)C(=O)C1=Cc2c(C)c(OC(C)=O)c(C)c(C)c2OC1. The number of nitrogens with zero attached hydrogens (tertiary/aromatic N) is 1. The monoisotopic (exact) mass is 423 g/mol. The summed E-state index contributed by atoms with van der Waals surface area (Å²) in [5, 5.41) is 0. The van der Waals surface area contributed by atoms with E-state index < -0.39 is 11.9 Å². The van der Waals surface area contributed by atoms with Gasteiger partial charge in [0.05, 0.1) is 23.9 Å². The number of ether oxygens (including phenoxy) is 3. The third-order valence-electron chi connectivity index (χ3n) is 5.42. The molecule has 1 aliphatic heterocycles. The number of fused-ring (bicyclic) bond motifs is 1. The number of carbonyl (C=O) groups excluding carboxylic acids is 3. The van der Waals surface area contributed by atoms with E-state index in [9.17, 15) is 14.4 Å². The number of hydrogen-bond donors (Lipinski definition) is 0. The zero-order chi connectivity index (χ0) is 22.9. The van der Waals surface area contributed by atoms with Gasteiger partial charge >= 0.3 is 11.9 Å². The summed E-state index contributed by atoms with van der Waals surface area (Å²) in [6.45, 7) is 7.02. The van der Waals surface area contributed by atoms with Gasteiger partial charge in [0.25, 0.3) is 5.91 Å². The average Bonchev–Trinajstić information content (AvgIpc) is 2.78. The van der Waals surface area contributed by atoms with E-state index in [1.165, 1.54) is 18.9 Å². The van der Waals surface area contributed by atoms with E-state index >= 15 is 0 Å². The average molecular weight is 423 g/mol. The molecule has 0 radical (unpaired) electrons. The van der Waals surface area contributed by atoms with Crippen molar-refractivity contribution in [1.82, 2.24) is 0 Å². The molecule has 7 heteroatoms. The van der Waals surface area contributed by atoms with Gasteiger partial charge in [-0.2, -0.15) is 0 Å². The Morgan fingerprint density at radius 2 is 1.71 bits per heavy atom. The van der Waals surface area contributed by atoms with Crippen LogP contribution in [0.3, 0.4) is 0 Å². The topological polar surface area (TPSA) is 82.1 Å². The van der Waals surface area contributed by atoms with Crippen molar-refractivity contribution in [2.75, 3.05) is 25.7 Å². The fraction of sp³-hybridized carbons (Fsp3) is 0.292. The molecular formula is C24H25NO6. The molecule has 0 N–H and O–H groups in total. The summed E-state index contributed by atoms with van der Waals surface area (Å²) in [7, 11) is 2.89. The second kappa shape index (κ2) is 8.63. The number of rotatable bonds is 4. The van der Waals surface area contributed by atoms with Crippen molar-refractivity contribution in [2.45, 2.75) is 27.7 Å². The molecule has 1 amide bonds. The Morgan fingerprint density at radius 3 is 2.35 bits per heavy atom. The predicted octanol–water partition coefficient (Wildman–Crippen LogP) is 3.76. The lowest BCUT2D eigenvalue weighted by molar-refractivity contribution is -0.132. The molecule has 0 saturated carbocycles. The summed E-state index contributed by atoms with van der Waals surface area (Å²) >= 11 is 0. The number of carbonyl (C=O) groups is 3. The van der Waals surface area contributed by atoms with Crippen LogP contribution in [0.2, 0.25) is 0 Å². The molecule has 1 aliphatic rings. The fourth-order valence-electron chi connectivity index (χ4n) is 3.64. The molecule has 0 fully saturated rings. The molecule has 3 rings (SSSR count). The zero-order valence-corrected chi connectivity index (χ0v) is 18.5. The Balaban J connectivity index is 2.04. The molecule has 2 aromatic rings. The molecule has 0 atom stereocenters. The van der Waals surface area contributed by atoms with Gasteiger partial charge in [-0.1, -0.05) is 12.1 Å². The van der Waals surface area contributed by atoms with Gasteiger partial charge in [-0.15, -0.1) is 0 Å². The standard InChI is InChI=1S/C24H25NO6/c1-13-14(2)22-19(15(3)21(13)31-16(4)26)11-17(12-30-22)23(27)25(5)20-10-8-7-9-18(20)24(28)29-6/h7-11H,12H2,1-6H3. The highest BCUT2D eigenvalue weighted by atomic mass is 16.5. The van der Waals surface area contributed by atoms with Crippen LogP contribution < -0.4 is 14.4 Å². The Morgan fingerprint density at radius 1 is 1.03 bits per heavy atom. The summed E-state index contributed by atoms with van der Waals surface area (Å²) in [6, 6.07) is 6.74. The highest BCUT2D eigenvalue weighted by molar-refractivity contribution is 6.11. The summed E-state index contributed by atoms with van der Waals surface area (Å²) in [5.41, 5.74) is 4.22. The van der Waals surface area contributed by atoms with Crippen LogP contribution in [0.15, 0.2) is 29.8 Å². The van der Waals surface area contributed by atoms with Gasteiger partial charge in [-0.3, -0.25) is 9.59 Å². The number of likely N-dealkylation sites (N-methyl/N-ethyl adjacent to an activating group) is 1. The maximum absolute atomic E-state index is 13.2. The molecule has 31 heavy (non-hydrogen) atoms. The third-order valence-corrected chi connectivity index (χ3v) is 5.42. The van der Waals surface area contributed by atoms with Crippen LogP contribution in [0.25, 0.3) is 6.08 Å². The van der Waals surface area contributed by atoms with Crippen molar-refractivity contribution in [3.05, 3.63) is 57.7 Å². The van der Waals surface area contributed by atoms with Crippen LogP contribution in [0, 0.1) is 20.8 Å². The summed E-state index contributed by atoms with van der Waals surface area (Å²) < 4.78 is 16.2. The van der Waals surface area contributed by atoms with Gasteiger partial charge in [0.15, 0.2) is 0 Å². The Hall–Kier alpha value is -3.61. The van der Waals surface area contributed by atoms with Gasteiger partial charge in [-0.05, 0) is 50.1 Å². The minimum Gasteiger partial charge on any atom is -0.488 e. The molecule has 162 valence electrons. The highest BCUT2D eigenvalue weighted by Crippen LogP contribution is 2.41. The van der Waals surface area contributed by atoms with E-state index in [4.69, 9.17) is 14.2 Å².